The van der Waals surface area contributed by atoms with Crippen molar-refractivity contribution in [2.24, 2.45) is 0 Å². The number of hydrogen-bond acceptors (Lipinski definition) is 5. The van der Waals surface area contributed by atoms with Crippen LogP contribution in [-0.4, -0.2) is 58.4 Å². The van der Waals surface area contributed by atoms with Gasteiger partial charge >= 0.3 is 12.0 Å². The zero-order valence-electron chi connectivity index (χ0n) is 18.4. The molecule has 166 valence electrons. The molecule has 2 aromatic rings. The molecule has 1 saturated heterocycles. The topological polar surface area (TPSA) is 76.9 Å². The first kappa shape index (κ1) is 21.6. The number of benzene rings is 1. The highest BCUT2D eigenvalue weighted by molar-refractivity contribution is 6.31. The van der Waals surface area contributed by atoms with Crippen LogP contribution in [0.1, 0.15) is 50.8 Å². The smallest absolute Gasteiger partial charge is 0.359 e. The predicted molar refractivity (Wildman–Crippen MR) is 117 cm³/mol. The van der Waals surface area contributed by atoms with E-state index in [1.54, 1.807) is 28.3 Å². The van der Waals surface area contributed by atoms with Gasteiger partial charge in [0.05, 0.1) is 35.8 Å². The average Bonchev–Trinajstić information content (AvgIpc) is 3.13. The van der Waals surface area contributed by atoms with Crippen molar-refractivity contribution in [2.45, 2.75) is 45.8 Å². The van der Waals surface area contributed by atoms with Crippen molar-refractivity contribution in [3.05, 3.63) is 40.9 Å². The van der Waals surface area contributed by atoms with Crippen LogP contribution >= 0.6 is 11.6 Å². The molecule has 0 radical (unpaired) electrons. The minimum absolute atomic E-state index is 0.167. The molecule has 2 amide bonds. The van der Waals surface area contributed by atoms with Gasteiger partial charge in [0.2, 0.25) is 0 Å². The van der Waals surface area contributed by atoms with Crippen molar-refractivity contribution in [1.82, 2.24) is 14.5 Å². The van der Waals surface area contributed by atoms with Gasteiger partial charge in [0.25, 0.3) is 0 Å². The molecule has 1 fully saturated rings. The van der Waals surface area contributed by atoms with Crippen molar-refractivity contribution >= 4 is 29.3 Å². The summed E-state index contributed by atoms with van der Waals surface area (Å²) >= 11 is 6.31. The van der Waals surface area contributed by atoms with Crippen LogP contribution in [0.3, 0.4) is 0 Å². The van der Waals surface area contributed by atoms with Gasteiger partial charge in [-0.25, -0.2) is 14.6 Å². The molecule has 3 heterocycles. The highest BCUT2D eigenvalue weighted by atomic mass is 35.5. The van der Waals surface area contributed by atoms with Crippen LogP contribution in [0.5, 0.6) is 0 Å². The molecule has 0 bridgehead atoms. The van der Waals surface area contributed by atoms with Crippen LogP contribution in [0.15, 0.2) is 24.5 Å². The summed E-state index contributed by atoms with van der Waals surface area (Å²) in [6.45, 7) is 11.2. The Labute approximate surface area is 186 Å². The molecule has 4 rings (SSSR count). The Bertz CT molecular complexity index is 1030. The van der Waals surface area contributed by atoms with E-state index >= 15 is 0 Å². The van der Waals surface area contributed by atoms with E-state index in [0.717, 1.165) is 5.69 Å². The number of carbonyl (C=O) groups excluding carboxylic acids is 2. The Morgan fingerprint density at radius 3 is 2.48 bits per heavy atom. The molecule has 0 N–H and O–H groups in total. The standard InChI is InChI=1S/C22H27ClN4O4/c1-21(2,3)31-19(28)17-18-22(4,5)27(20(29)25-8-10-30-11-9-25)16-12-14(23)6-7-15(16)26(18)13-24-17/h6-7,12-13H,8-11H2,1-5H3. The lowest BCUT2D eigenvalue weighted by molar-refractivity contribution is 0.00600. The first-order valence-corrected chi connectivity index (χ1v) is 10.7. The zero-order chi connectivity index (χ0) is 22.6. The quantitative estimate of drug-likeness (QED) is 0.619. The third-order valence-corrected chi connectivity index (χ3v) is 5.64. The van der Waals surface area contributed by atoms with E-state index < -0.39 is 17.1 Å². The van der Waals surface area contributed by atoms with Crippen LogP contribution in [0, 0.1) is 0 Å². The number of carbonyl (C=O) groups is 2. The van der Waals surface area contributed by atoms with E-state index in [4.69, 9.17) is 21.1 Å². The third kappa shape index (κ3) is 3.78. The van der Waals surface area contributed by atoms with Gasteiger partial charge in [-0.05, 0) is 52.8 Å². The third-order valence-electron chi connectivity index (χ3n) is 5.41. The molecule has 0 spiro atoms. The number of esters is 1. The summed E-state index contributed by atoms with van der Waals surface area (Å²) < 4.78 is 12.8. The van der Waals surface area contributed by atoms with E-state index in [2.05, 4.69) is 4.98 Å². The van der Waals surface area contributed by atoms with Gasteiger partial charge < -0.3 is 14.4 Å². The van der Waals surface area contributed by atoms with Crippen LogP contribution in [0.25, 0.3) is 5.69 Å². The maximum absolute atomic E-state index is 13.7. The number of aromatic nitrogens is 2. The van der Waals surface area contributed by atoms with Crippen molar-refractivity contribution in [3.8, 4) is 5.69 Å². The predicted octanol–water partition coefficient (Wildman–Crippen LogP) is 3.99. The maximum atomic E-state index is 13.7. The number of anilines is 1. The van der Waals surface area contributed by atoms with Crippen LogP contribution in [-0.2, 0) is 15.0 Å². The summed E-state index contributed by atoms with van der Waals surface area (Å²) in [4.78, 5) is 34.5. The van der Waals surface area contributed by atoms with Crippen LogP contribution < -0.4 is 4.90 Å². The largest absolute Gasteiger partial charge is 0.455 e. The van der Waals surface area contributed by atoms with Gasteiger partial charge in [0.15, 0.2) is 5.69 Å². The minimum atomic E-state index is -0.893. The second-order valence-electron chi connectivity index (χ2n) is 9.22. The first-order chi connectivity index (χ1) is 14.5. The maximum Gasteiger partial charge on any atom is 0.359 e. The number of morpholine rings is 1. The summed E-state index contributed by atoms with van der Waals surface area (Å²) in [6, 6.07) is 5.19. The van der Waals surface area contributed by atoms with Gasteiger partial charge in [-0.2, -0.15) is 0 Å². The molecule has 0 aliphatic carbocycles. The number of fused-ring (bicyclic) bond motifs is 3. The van der Waals surface area contributed by atoms with Crippen LogP contribution in [0.2, 0.25) is 5.02 Å². The van der Waals surface area contributed by atoms with E-state index in [0.29, 0.717) is 42.7 Å². The number of ether oxygens (including phenoxy) is 2. The fourth-order valence-corrected chi connectivity index (χ4v) is 4.28. The fourth-order valence-electron chi connectivity index (χ4n) is 4.12. The Balaban J connectivity index is 1.87. The second kappa shape index (κ2) is 7.53. The average molecular weight is 447 g/mol. The van der Waals surface area contributed by atoms with Gasteiger partial charge in [0, 0.05) is 18.1 Å². The molecule has 0 saturated carbocycles. The molecular formula is C22H27ClN4O4. The Morgan fingerprint density at radius 1 is 1.16 bits per heavy atom. The van der Waals surface area contributed by atoms with Gasteiger partial charge in [-0.3, -0.25) is 9.47 Å². The van der Waals surface area contributed by atoms with E-state index in [1.807, 2.05) is 45.3 Å². The molecule has 2 aliphatic heterocycles. The van der Waals surface area contributed by atoms with E-state index in [-0.39, 0.29) is 11.7 Å². The molecule has 1 aromatic heterocycles. The summed E-state index contributed by atoms with van der Waals surface area (Å²) in [5, 5.41) is 0.519. The molecule has 9 heteroatoms. The van der Waals surface area contributed by atoms with Gasteiger partial charge in [-0.1, -0.05) is 11.6 Å². The molecule has 8 nitrogen and oxygen atoms in total. The highest BCUT2D eigenvalue weighted by Crippen LogP contribution is 2.45. The highest BCUT2D eigenvalue weighted by Gasteiger charge is 2.46. The number of rotatable bonds is 1. The van der Waals surface area contributed by atoms with Crippen LogP contribution in [0.4, 0.5) is 10.5 Å². The Morgan fingerprint density at radius 2 is 1.84 bits per heavy atom. The monoisotopic (exact) mass is 446 g/mol. The van der Waals surface area contributed by atoms with Crippen molar-refractivity contribution in [3.63, 3.8) is 0 Å². The summed E-state index contributed by atoms with van der Waals surface area (Å²) in [7, 11) is 0. The SMILES string of the molecule is CC(C)(C)OC(=O)c1ncn2c1C(C)(C)N(C(=O)N1CCOCC1)c1cc(Cl)ccc1-2. The number of nitrogens with zero attached hydrogens (tertiary/aromatic N) is 4. The minimum Gasteiger partial charge on any atom is -0.455 e. The van der Waals surface area contributed by atoms with Crippen molar-refractivity contribution in [1.29, 1.82) is 0 Å². The molecule has 31 heavy (non-hydrogen) atoms. The Hall–Kier alpha value is -2.58. The first-order valence-electron chi connectivity index (χ1n) is 10.3. The molecule has 0 atom stereocenters. The van der Waals surface area contributed by atoms with Crippen molar-refractivity contribution in [2.75, 3.05) is 31.2 Å². The summed E-state index contributed by atoms with van der Waals surface area (Å²) in [6.07, 6.45) is 1.60. The van der Waals surface area contributed by atoms with Gasteiger partial charge in [0.1, 0.15) is 11.9 Å². The van der Waals surface area contributed by atoms with E-state index in [9.17, 15) is 9.59 Å². The zero-order valence-corrected chi connectivity index (χ0v) is 19.2. The van der Waals surface area contributed by atoms with Gasteiger partial charge in [-0.15, -0.1) is 0 Å². The second-order valence-corrected chi connectivity index (χ2v) is 9.66. The normalized spacial score (nSPS) is 17.7. The number of hydrogen-bond donors (Lipinski definition) is 0. The molecule has 0 unspecified atom stereocenters. The van der Waals surface area contributed by atoms with E-state index in [1.165, 1.54) is 0 Å². The molecule has 1 aromatic carbocycles. The number of halogens is 1. The number of imidazole rings is 1. The number of amides is 2. The lowest BCUT2D eigenvalue weighted by Gasteiger charge is -2.46. The van der Waals surface area contributed by atoms with Crippen molar-refractivity contribution < 1.29 is 19.1 Å². The lowest BCUT2D eigenvalue weighted by Crippen LogP contribution is -2.57. The number of urea groups is 1. The lowest BCUT2D eigenvalue weighted by atomic mass is 9.91. The summed E-state index contributed by atoms with van der Waals surface area (Å²) in [5.41, 5.74) is 0.618. The fraction of sp³-hybridized carbons (Fsp3) is 0.500. The molecule has 2 aliphatic rings. The Kier molecular flexibility index (Phi) is 5.26. The summed E-state index contributed by atoms with van der Waals surface area (Å²) in [5.74, 6) is -0.523. The molecular weight excluding hydrogens is 420 g/mol.